The average Bonchev–Trinajstić information content (AvgIpc) is 2.96. The van der Waals surface area contributed by atoms with E-state index in [0.717, 1.165) is 12.5 Å². The zero-order valence-corrected chi connectivity index (χ0v) is 11.1. The first-order valence-corrected chi connectivity index (χ1v) is 7.43. The molecule has 0 radical (unpaired) electrons. The van der Waals surface area contributed by atoms with Crippen LogP contribution >= 0.6 is 11.3 Å². The zero-order valence-electron chi connectivity index (χ0n) is 10.2. The summed E-state index contributed by atoms with van der Waals surface area (Å²) < 4.78 is 0. The van der Waals surface area contributed by atoms with E-state index in [-0.39, 0.29) is 0 Å². The predicted molar refractivity (Wildman–Crippen MR) is 71.8 cm³/mol. The van der Waals surface area contributed by atoms with Crippen LogP contribution in [-0.4, -0.2) is 6.54 Å². The number of nitrogens with two attached hydrogens (primary N) is 1. The van der Waals surface area contributed by atoms with Crippen molar-refractivity contribution in [1.29, 1.82) is 0 Å². The largest absolute Gasteiger partial charge is 0.330 e. The van der Waals surface area contributed by atoms with Crippen molar-refractivity contribution in [2.45, 2.75) is 45.4 Å². The van der Waals surface area contributed by atoms with Crippen LogP contribution in [0.1, 0.15) is 44.6 Å². The van der Waals surface area contributed by atoms with Gasteiger partial charge in [-0.15, -0.1) is 0 Å². The number of hydrogen-bond acceptors (Lipinski definition) is 2. The van der Waals surface area contributed by atoms with E-state index in [0.29, 0.717) is 5.41 Å². The van der Waals surface area contributed by atoms with Gasteiger partial charge < -0.3 is 5.73 Å². The van der Waals surface area contributed by atoms with E-state index in [1.807, 2.05) is 0 Å². The molecule has 0 spiro atoms. The van der Waals surface area contributed by atoms with Gasteiger partial charge in [0.2, 0.25) is 0 Å². The lowest BCUT2D eigenvalue weighted by molar-refractivity contribution is 0.269. The molecule has 2 rings (SSSR count). The summed E-state index contributed by atoms with van der Waals surface area (Å²) in [5, 5.41) is 4.45. The summed E-state index contributed by atoms with van der Waals surface area (Å²) in [4.78, 5) is 0. The van der Waals surface area contributed by atoms with Gasteiger partial charge in [-0.25, -0.2) is 0 Å². The molecule has 2 atom stereocenters. The quantitative estimate of drug-likeness (QED) is 0.827. The third kappa shape index (κ3) is 2.67. The SMILES string of the molecule is CCC1CCC(CN)(CCc2ccsc2)C1. The molecule has 2 unspecified atom stereocenters. The van der Waals surface area contributed by atoms with Crippen molar-refractivity contribution in [2.24, 2.45) is 17.1 Å². The molecular weight excluding hydrogens is 214 g/mol. The molecule has 0 bridgehead atoms. The molecule has 0 aromatic carbocycles. The average molecular weight is 237 g/mol. The van der Waals surface area contributed by atoms with Crippen LogP contribution in [0.3, 0.4) is 0 Å². The highest BCUT2D eigenvalue weighted by Crippen LogP contribution is 2.45. The summed E-state index contributed by atoms with van der Waals surface area (Å²) in [5.41, 5.74) is 7.99. The highest BCUT2D eigenvalue weighted by Gasteiger charge is 2.36. The molecule has 1 aliphatic carbocycles. The number of hydrogen-bond donors (Lipinski definition) is 1. The van der Waals surface area contributed by atoms with Crippen molar-refractivity contribution >= 4 is 11.3 Å². The Bertz CT molecular complexity index is 307. The van der Waals surface area contributed by atoms with Gasteiger partial charge in [-0.2, -0.15) is 11.3 Å². The maximum atomic E-state index is 6.03. The van der Waals surface area contributed by atoms with Crippen LogP contribution < -0.4 is 5.73 Å². The van der Waals surface area contributed by atoms with Gasteiger partial charge in [-0.3, -0.25) is 0 Å². The highest BCUT2D eigenvalue weighted by molar-refractivity contribution is 7.07. The van der Waals surface area contributed by atoms with Crippen LogP contribution in [0.2, 0.25) is 0 Å². The second kappa shape index (κ2) is 5.33. The van der Waals surface area contributed by atoms with Gasteiger partial charge in [-0.05, 0) is 72.4 Å². The first-order chi connectivity index (χ1) is 7.78. The highest BCUT2D eigenvalue weighted by atomic mass is 32.1. The Morgan fingerprint density at radius 3 is 3.00 bits per heavy atom. The normalized spacial score (nSPS) is 29.8. The zero-order chi connectivity index (χ0) is 11.4. The topological polar surface area (TPSA) is 26.0 Å². The Kier molecular flexibility index (Phi) is 4.04. The Hall–Kier alpha value is -0.340. The minimum atomic E-state index is 0.461. The smallest absolute Gasteiger partial charge is 0.00203 e. The Balaban J connectivity index is 1.90. The summed E-state index contributed by atoms with van der Waals surface area (Å²) in [6, 6.07) is 2.25. The van der Waals surface area contributed by atoms with Gasteiger partial charge in [0, 0.05) is 0 Å². The first-order valence-electron chi connectivity index (χ1n) is 6.49. The van der Waals surface area contributed by atoms with Crippen molar-refractivity contribution in [3.8, 4) is 0 Å². The monoisotopic (exact) mass is 237 g/mol. The van der Waals surface area contributed by atoms with Crippen molar-refractivity contribution < 1.29 is 0 Å². The van der Waals surface area contributed by atoms with Gasteiger partial charge in [-0.1, -0.05) is 13.3 Å². The molecule has 0 saturated heterocycles. The van der Waals surface area contributed by atoms with E-state index < -0.39 is 0 Å². The van der Waals surface area contributed by atoms with Crippen LogP contribution in [0.15, 0.2) is 16.8 Å². The molecule has 0 aliphatic heterocycles. The lowest BCUT2D eigenvalue weighted by Crippen LogP contribution is -2.28. The molecule has 1 saturated carbocycles. The molecule has 1 nitrogen and oxygen atoms in total. The molecule has 16 heavy (non-hydrogen) atoms. The van der Waals surface area contributed by atoms with Gasteiger partial charge >= 0.3 is 0 Å². The number of thiophene rings is 1. The lowest BCUT2D eigenvalue weighted by Gasteiger charge is -2.27. The van der Waals surface area contributed by atoms with E-state index >= 15 is 0 Å². The summed E-state index contributed by atoms with van der Waals surface area (Å²) >= 11 is 1.80. The van der Waals surface area contributed by atoms with E-state index in [1.165, 1.54) is 44.1 Å². The number of aryl methyl sites for hydroxylation is 1. The molecule has 1 fully saturated rings. The van der Waals surface area contributed by atoms with Gasteiger partial charge in [0.05, 0.1) is 0 Å². The predicted octanol–water partition coefficient (Wildman–Crippen LogP) is 3.84. The maximum Gasteiger partial charge on any atom is -0.00203 e. The first kappa shape index (κ1) is 12.1. The summed E-state index contributed by atoms with van der Waals surface area (Å²) in [5.74, 6) is 0.936. The van der Waals surface area contributed by atoms with Gasteiger partial charge in [0.15, 0.2) is 0 Å². The standard InChI is InChI=1S/C14H23NS/c1-2-12-3-6-14(9-12,11-15)7-4-13-5-8-16-10-13/h5,8,10,12H,2-4,6-7,9,11,15H2,1H3. The molecule has 1 aromatic heterocycles. The van der Waals surface area contributed by atoms with E-state index in [1.54, 1.807) is 11.3 Å². The fraction of sp³-hybridized carbons (Fsp3) is 0.714. The minimum Gasteiger partial charge on any atom is -0.330 e. The van der Waals surface area contributed by atoms with Crippen LogP contribution in [0.4, 0.5) is 0 Å². The van der Waals surface area contributed by atoms with E-state index in [2.05, 4.69) is 23.8 Å². The summed E-state index contributed by atoms with van der Waals surface area (Å²) in [7, 11) is 0. The fourth-order valence-corrected chi connectivity index (χ4v) is 3.74. The molecule has 1 aliphatic rings. The minimum absolute atomic E-state index is 0.461. The Labute approximate surface area is 103 Å². The Morgan fingerprint density at radius 1 is 1.56 bits per heavy atom. The third-order valence-corrected chi connectivity index (χ3v) is 5.07. The van der Waals surface area contributed by atoms with Gasteiger partial charge in [0.1, 0.15) is 0 Å². The van der Waals surface area contributed by atoms with Crippen LogP contribution in [0.5, 0.6) is 0 Å². The molecule has 1 heterocycles. The van der Waals surface area contributed by atoms with E-state index in [4.69, 9.17) is 5.73 Å². The fourth-order valence-electron chi connectivity index (χ4n) is 3.03. The van der Waals surface area contributed by atoms with Crippen LogP contribution in [0, 0.1) is 11.3 Å². The third-order valence-electron chi connectivity index (χ3n) is 4.34. The number of rotatable bonds is 5. The molecule has 90 valence electrons. The maximum absolute atomic E-state index is 6.03. The van der Waals surface area contributed by atoms with Crippen molar-refractivity contribution in [3.05, 3.63) is 22.4 Å². The second-order valence-electron chi connectivity index (χ2n) is 5.35. The van der Waals surface area contributed by atoms with Crippen LogP contribution in [-0.2, 0) is 6.42 Å². The van der Waals surface area contributed by atoms with Crippen molar-refractivity contribution in [1.82, 2.24) is 0 Å². The molecule has 1 aromatic rings. The van der Waals surface area contributed by atoms with Crippen molar-refractivity contribution in [3.63, 3.8) is 0 Å². The lowest BCUT2D eigenvalue weighted by atomic mass is 9.80. The summed E-state index contributed by atoms with van der Waals surface area (Å²) in [6.07, 6.45) is 7.96. The molecule has 2 N–H and O–H groups in total. The van der Waals surface area contributed by atoms with E-state index in [9.17, 15) is 0 Å². The molecule has 0 amide bonds. The Morgan fingerprint density at radius 2 is 2.44 bits per heavy atom. The molecular formula is C14H23NS. The van der Waals surface area contributed by atoms with Gasteiger partial charge in [0.25, 0.3) is 0 Å². The van der Waals surface area contributed by atoms with Crippen LogP contribution in [0.25, 0.3) is 0 Å². The molecule has 2 heteroatoms. The second-order valence-corrected chi connectivity index (χ2v) is 6.13. The summed E-state index contributed by atoms with van der Waals surface area (Å²) in [6.45, 7) is 3.20. The van der Waals surface area contributed by atoms with Crippen molar-refractivity contribution in [2.75, 3.05) is 6.54 Å².